The summed E-state index contributed by atoms with van der Waals surface area (Å²) in [6, 6.07) is -2.02. The molecular weight excluding hydrogens is 186 g/mol. The molecule has 1 atom stereocenters. The molecule has 13 heavy (non-hydrogen) atoms. The molecule has 0 aromatic rings. The molecule has 0 heterocycles. The second-order valence-corrected chi connectivity index (χ2v) is 2.31. The SMILES string of the molecule is C[C@H](NC(=O)NCC(F)F)C(=O)O. The maximum Gasteiger partial charge on any atom is 0.325 e. The summed E-state index contributed by atoms with van der Waals surface area (Å²) in [7, 11) is 0. The number of carboxylic acid groups (broad SMARTS) is 1. The van der Waals surface area contributed by atoms with Gasteiger partial charge < -0.3 is 15.7 Å². The van der Waals surface area contributed by atoms with Crippen LogP contribution in [0.25, 0.3) is 0 Å². The summed E-state index contributed by atoms with van der Waals surface area (Å²) in [4.78, 5) is 20.8. The fourth-order valence-electron chi connectivity index (χ4n) is 0.479. The summed E-state index contributed by atoms with van der Waals surface area (Å²) in [5, 5.41) is 12.1. The minimum absolute atomic E-state index is 0.793. The minimum atomic E-state index is -2.65. The quantitative estimate of drug-likeness (QED) is 0.593. The zero-order valence-corrected chi connectivity index (χ0v) is 6.88. The molecule has 0 aromatic heterocycles. The Kier molecular flexibility index (Phi) is 4.71. The van der Waals surface area contributed by atoms with E-state index < -0.39 is 31.0 Å². The third-order valence-corrected chi connectivity index (χ3v) is 1.13. The van der Waals surface area contributed by atoms with Crippen LogP contribution in [0.15, 0.2) is 0 Å². The van der Waals surface area contributed by atoms with Crippen molar-refractivity contribution < 1.29 is 23.5 Å². The van der Waals surface area contributed by atoms with Crippen LogP contribution in [0.5, 0.6) is 0 Å². The topological polar surface area (TPSA) is 78.4 Å². The van der Waals surface area contributed by atoms with Gasteiger partial charge in [-0.1, -0.05) is 0 Å². The maximum absolute atomic E-state index is 11.5. The van der Waals surface area contributed by atoms with Crippen molar-refractivity contribution in [1.29, 1.82) is 0 Å². The van der Waals surface area contributed by atoms with Crippen LogP contribution >= 0.6 is 0 Å². The van der Waals surface area contributed by atoms with Crippen LogP contribution in [0.1, 0.15) is 6.92 Å². The Labute approximate surface area is 73.1 Å². The average Bonchev–Trinajstić information content (AvgIpc) is 2.00. The highest BCUT2D eigenvalue weighted by molar-refractivity contribution is 5.82. The van der Waals surface area contributed by atoms with E-state index >= 15 is 0 Å². The summed E-state index contributed by atoms with van der Waals surface area (Å²) in [5.41, 5.74) is 0. The molecule has 0 spiro atoms. The largest absolute Gasteiger partial charge is 0.480 e. The third-order valence-electron chi connectivity index (χ3n) is 1.13. The molecule has 0 unspecified atom stereocenters. The molecule has 76 valence electrons. The smallest absolute Gasteiger partial charge is 0.325 e. The first kappa shape index (κ1) is 11.6. The molecule has 0 rings (SSSR count). The highest BCUT2D eigenvalue weighted by Crippen LogP contribution is 1.87. The van der Waals surface area contributed by atoms with Crippen LogP contribution in [-0.2, 0) is 4.79 Å². The van der Waals surface area contributed by atoms with Crippen molar-refractivity contribution in [3.63, 3.8) is 0 Å². The monoisotopic (exact) mass is 196 g/mol. The maximum atomic E-state index is 11.5. The van der Waals surface area contributed by atoms with E-state index in [1.165, 1.54) is 6.92 Å². The van der Waals surface area contributed by atoms with Crippen molar-refractivity contribution in [1.82, 2.24) is 10.6 Å². The number of amides is 2. The predicted molar refractivity (Wildman–Crippen MR) is 39.6 cm³/mol. The van der Waals surface area contributed by atoms with Gasteiger partial charge in [-0.25, -0.2) is 13.6 Å². The van der Waals surface area contributed by atoms with Crippen LogP contribution in [0.3, 0.4) is 0 Å². The Morgan fingerprint density at radius 2 is 2.00 bits per heavy atom. The Morgan fingerprint density at radius 3 is 2.38 bits per heavy atom. The number of rotatable bonds is 4. The number of carbonyl (C=O) groups is 2. The molecule has 0 radical (unpaired) electrons. The predicted octanol–water partition coefficient (Wildman–Crippen LogP) is 0.0238. The fourth-order valence-corrected chi connectivity index (χ4v) is 0.479. The Balaban J connectivity index is 3.68. The molecule has 0 saturated carbocycles. The molecule has 0 aliphatic carbocycles. The van der Waals surface area contributed by atoms with Crippen LogP contribution in [0, 0.1) is 0 Å². The van der Waals surface area contributed by atoms with E-state index in [4.69, 9.17) is 5.11 Å². The number of hydrogen-bond donors (Lipinski definition) is 3. The second-order valence-electron chi connectivity index (χ2n) is 2.31. The lowest BCUT2D eigenvalue weighted by Crippen LogP contribution is -2.45. The molecule has 2 amide bonds. The van der Waals surface area contributed by atoms with Gasteiger partial charge in [0, 0.05) is 0 Å². The van der Waals surface area contributed by atoms with Gasteiger partial charge in [0.25, 0.3) is 6.43 Å². The van der Waals surface area contributed by atoms with Gasteiger partial charge in [-0.15, -0.1) is 0 Å². The molecular formula is C6H10F2N2O3. The molecule has 0 fully saturated rings. The standard InChI is InChI=1S/C6H10F2N2O3/c1-3(5(11)12)10-6(13)9-2-4(7)8/h3-4H,2H2,1H3,(H,11,12)(H2,9,10,13)/t3-/m0/s1. The summed E-state index contributed by atoms with van der Waals surface area (Å²) in [5.74, 6) is -1.23. The van der Waals surface area contributed by atoms with Crippen molar-refractivity contribution in [3.8, 4) is 0 Å². The third kappa shape index (κ3) is 5.83. The van der Waals surface area contributed by atoms with Crippen molar-refractivity contribution in [2.45, 2.75) is 19.4 Å². The fraction of sp³-hybridized carbons (Fsp3) is 0.667. The van der Waals surface area contributed by atoms with E-state index in [0.717, 1.165) is 0 Å². The highest BCUT2D eigenvalue weighted by atomic mass is 19.3. The minimum Gasteiger partial charge on any atom is -0.480 e. The van der Waals surface area contributed by atoms with Gasteiger partial charge in [-0.2, -0.15) is 0 Å². The van der Waals surface area contributed by atoms with Crippen molar-refractivity contribution in [2.24, 2.45) is 0 Å². The lowest BCUT2D eigenvalue weighted by molar-refractivity contribution is -0.138. The lowest BCUT2D eigenvalue weighted by atomic mass is 10.3. The van der Waals surface area contributed by atoms with Gasteiger partial charge in [0.1, 0.15) is 6.04 Å². The summed E-state index contributed by atoms with van der Waals surface area (Å²) in [6.07, 6.45) is -2.65. The molecule has 0 saturated heterocycles. The number of urea groups is 1. The number of carbonyl (C=O) groups excluding carboxylic acids is 1. The molecule has 0 bridgehead atoms. The van der Waals surface area contributed by atoms with Crippen LogP contribution in [-0.4, -0.2) is 36.1 Å². The first-order chi connectivity index (χ1) is 5.93. The summed E-state index contributed by atoms with van der Waals surface area (Å²) in [6.45, 7) is 0.433. The molecule has 3 N–H and O–H groups in total. The molecule has 7 heteroatoms. The van der Waals surface area contributed by atoms with Gasteiger partial charge in [0.15, 0.2) is 0 Å². The Bertz CT molecular complexity index is 198. The lowest BCUT2D eigenvalue weighted by Gasteiger charge is -2.09. The van der Waals surface area contributed by atoms with Gasteiger partial charge in [-0.3, -0.25) is 4.79 Å². The van der Waals surface area contributed by atoms with Crippen LogP contribution in [0.2, 0.25) is 0 Å². The number of carboxylic acids is 1. The van der Waals surface area contributed by atoms with Gasteiger partial charge in [0.05, 0.1) is 6.54 Å². The van der Waals surface area contributed by atoms with Crippen molar-refractivity contribution >= 4 is 12.0 Å². The molecule has 0 aliphatic rings. The van der Waals surface area contributed by atoms with Gasteiger partial charge in [-0.05, 0) is 6.92 Å². The number of nitrogens with one attached hydrogen (secondary N) is 2. The van der Waals surface area contributed by atoms with E-state index in [2.05, 4.69) is 0 Å². The highest BCUT2D eigenvalue weighted by Gasteiger charge is 2.14. The van der Waals surface area contributed by atoms with Crippen LogP contribution in [0.4, 0.5) is 13.6 Å². The van der Waals surface area contributed by atoms with E-state index in [1.54, 1.807) is 5.32 Å². The van der Waals surface area contributed by atoms with Gasteiger partial charge >= 0.3 is 12.0 Å². The van der Waals surface area contributed by atoms with E-state index in [9.17, 15) is 18.4 Å². The Hall–Kier alpha value is -1.40. The van der Waals surface area contributed by atoms with Gasteiger partial charge in [0.2, 0.25) is 0 Å². The summed E-state index contributed by atoms with van der Waals surface area (Å²) < 4.78 is 23.1. The second kappa shape index (κ2) is 5.28. The molecule has 0 aliphatic heterocycles. The van der Waals surface area contributed by atoms with E-state index in [-0.39, 0.29) is 0 Å². The molecule has 0 aromatic carbocycles. The summed E-state index contributed by atoms with van der Waals surface area (Å²) >= 11 is 0. The number of hydrogen-bond acceptors (Lipinski definition) is 2. The number of halogens is 2. The number of aliphatic carboxylic acids is 1. The van der Waals surface area contributed by atoms with Crippen molar-refractivity contribution in [2.75, 3.05) is 6.54 Å². The Morgan fingerprint density at radius 1 is 1.46 bits per heavy atom. The van der Waals surface area contributed by atoms with E-state index in [0.29, 0.717) is 0 Å². The average molecular weight is 196 g/mol. The van der Waals surface area contributed by atoms with Crippen LogP contribution < -0.4 is 10.6 Å². The molecule has 5 nitrogen and oxygen atoms in total. The first-order valence-electron chi connectivity index (χ1n) is 3.48. The first-order valence-corrected chi connectivity index (χ1v) is 3.48. The van der Waals surface area contributed by atoms with E-state index in [1.807, 2.05) is 5.32 Å². The zero-order chi connectivity index (χ0) is 10.4. The number of alkyl halides is 2. The van der Waals surface area contributed by atoms with Crippen molar-refractivity contribution in [3.05, 3.63) is 0 Å². The normalized spacial score (nSPS) is 12.3. The zero-order valence-electron chi connectivity index (χ0n) is 6.88.